The predicted molar refractivity (Wildman–Crippen MR) is 199 cm³/mol. The number of ether oxygens (including phenoxy) is 1. The Kier molecular flexibility index (Phi) is 6.76. The van der Waals surface area contributed by atoms with Crippen LogP contribution in [0.2, 0.25) is 0 Å². The highest BCUT2D eigenvalue weighted by Crippen LogP contribution is 2.44. The third-order valence-electron chi connectivity index (χ3n) is 9.35. The molecule has 0 aliphatic rings. The number of imidazole rings is 1. The van der Waals surface area contributed by atoms with Gasteiger partial charge in [-0.3, -0.25) is 4.57 Å². The number of fused-ring (bicyclic) bond motifs is 4. The topological polar surface area (TPSA) is 35.9 Å². The van der Waals surface area contributed by atoms with Crippen molar-refractivity contribution in [2.24, 2.45) is 7.00 Å². The van der Waals surface area contributed by atoms with E-state index < -0.39 is 7.00 Å². The van der Waals surface area contributed by atoms with Gasteiger partial charge in [-0.05, 0) is 64.3 Å². The molecule has 3 heterocycles. The van der Waals surface area contributed by atoms with E-state index in [1.165, 1.54) is 10.9 Å². The van der Waals surface area contributed by atoms with Crippen molar-refractivity contribution in [3.8, 4) is 23.0 Å². The molecule has 0 bridgehead atoms. The Morgan fingerprint density at radius 2 is 1.33 bits per heavy atom. The van der Waals surface area contributed by atoms with Crippen molar-refractivity contribution < 1.29 is 12.0 Å². The van der Waals surface area contributed by atoms with Gasteiger partial charge in [-0.1, -0.05) is 98.7 Å². The van der Waals surface area contributed by atoms with Crippen molar-refractivity contribution in [1.29, 1.82) is 0 Å². The molecule has 0 radical (unpaired) electrons. The zero-order valence-electron chi connectivity index (χ0n) is 31.6. The van der Waals surface area contributed by atoms with Crippen LogP contribution in [0.4, 0.5) is 0 Å². The molecular weight excluding hydrogens is 589 g/mol. The van der Waals surface area contributed by atoms with Crippen LogP contribution in [0.1, 0.15) is 81.7 Å². The number of aryl methyl sites for hydroxylation is 1. The number of para-hydroxylation sites is 3. The highest BCUT2D eigenvalue weighted by Gasteiger charge is 2.27. The van der Waals surface area contributed by atoms with E-state index in [2.05, 4.69) is 134 Å². The van der Waals surface area contributed by atoms with Gasteiger partial charge in [-0.15, -0.1) is 0 Å². The number of pyridine rings is 1. The third-order valence-corrected chi connectivity index (χ3v) is 9.35. The van der Waals surface area contributed by atoms with Crippen molar-refractivity contribution in [2.45, 2.75) is 78.6 Å². The molecule has 48 heavy (non-hydrogen) atoms. The van der Waals surface area contributed by atoms with Crippen molar-refractivity contribution >= 4 is 32.8 Å². The van der Waals surface area contributed by atoms with Crippen LogP contribution in [-0.2, 0) is 23.2 Å². The van der Waals surface area contributed by atoms with Crippen LogP contribution in [0.5, 0.6) is 11.5 Å². The number of rotatable bonds is 4. The Morgan fingerprint density at radius 3 is 2.04 bits per heavy atom. The van der Waals surface area contributed by atoms with Crippen LogP contribution in [0.15, 0.2) is 104 Å². The predicted octanol–water partition coefficient (Wildman–Crippen LogP) is 10.6. The van der Waals surface area contributed by atoms with E-state index in [1.807, 2.05) is 41.4 Å². The Hall–Kier alpha value is -4.90. The molecule has 7 aromatic rings. The summed E-state index contributed by atoms with van der Waals surface area (Å²) in [6.07, 6.45) is 3.76. The Labute approximate surface area is 287 Å². The average Bonchev–Trinajstić information content (AvgIpc) is 3.59. The van der Waals surface area contributed by atoms with Gasteiger partial charge in [0.25, 0.3) is 0 Å². The summed E-state index contributed by atoms with van der Waals surface area (Å²) >= 11 is 0. The molecule has 5 heteroatoms. The minimum Gasteiger partial charge on any atom is -0.457 e. The minimum absolute atomic E-state index is 0.0228. The molecule has 0 fully saturated rings. The molecule has 0 aliphatic carbocycles. The lowest BCUT2D eigenvalue weighted by Crippen LogP contribution is -2.25. The van der Waals surface area contributed by atoms with Gasteiger partial charge in [0.05, 0.1) is 20.8 Å². The van der Waals surface area contributed by atoms with Gasteiger partial charge >= 0.3 is 0 Å². The summed E-state index contributed by atoms with van der Waals surface area (Å²) in [6, 6.07) is 31.6. The van der Waals surface area contributed by atoms with E-state index in [1.54, 1.807) is 4.57 Å². The maximum absolute atomic E-state index is 8.18. The van der Waals surface area contributed by atoms with E-state index in [0.717, 1.165) is 61.6 Å². The molecule has 0 atom stereocenters. The number of hydrogen-bond acceptors (Lipinski definition) is 2. The normalized spacial score (nSPS) is 13.5. The lowest BCUT2D eigenvalue weighted by molar-refractivity contribution is -0.645. The summed E-state index contributed by atoms with van der Waals surface area (Å²) in [5.41, 5.74) is 7.80. The van der Waals surface area contributed by atoms with Crippen LogP contribution < -0.4 is 9.30 Å². The van der Waals surface area contributed by atoms with Gasteiger partial charge in [0.15, 0.2) is 11.0 Å². The van der Waals surface area contributed by atoms with Gasteiger partial charge in [0.1, 0.15) is 23.0 Å². The highest BCUT2D eigenvalue weighted by atomic mass is 16.5. The molecule has 0 saturated heterocycles. The molecule has 7 rings (SSSR count). The van der Waals surface area contributed by atoms with E-state index in [4.69, 9.17) is 12.5 Å². The maximum Gasteiger partial charge on any atom is 0.249 e. The lowest BCUT2D eigenvalue weighted by atomic mass is 9.84. The zero-order valence-corrected chi connectivity index (χ0v) is 29.6. The van der Waals surface area contributed by atoms with Gasteiger partial charge in [-0.25, -0.2) is 9.55 Å². The van der Waals surface area contributed by atoms with Gasteiger partial charge in [0, 0.05) is 40.2 Å². The monoisotopic (exact) mass is 637 g/mol. The summed E-state index contributed by atoms with van der Waals surface area (Å²) in [7, 11) is 0. The Bertz CT molecular complexity index is 2400. The second kappa shape index (κ2) is 11.1. The zero-order chi connectivity index (χ0) is 35.7. The fourth-order valence-electron chi connectivity index (χ4n) is 6.74. The second-order valence-corrected chi connectivity index (χ2v) is 16.0. The first-order chi connectivity index (χ1) is 23.5. The van der Waals surface area contributed by atoms with Crippen molar-refractivity contribution in [3.05, 3.63) is 120 Å². The third kappa shape index (κ3) is 5.45. The van der Waals surface area contributed by atoms with Crippen LogP contribution in [0, 0.1) is 0 Å². The van der Waals surface area contributed by atoms with Crippen LogP contribution in [0.25, 0.3) is 44.3 Å². The lowest BCUT2D eigenvalue weighted by Gasteiger charge is -2.27. The van der Waals surface area contributed by atoms with Crippen LogP contribution >= 0.6 is 0 Å². The van der Waals surface area contributed by atoms with Crippen molar-refractivity contribution in [2.75, 3.05) is 0 Å². The highest BCUT2D eigenvalue weighted by molar-refractivity contribution is 6.10. The molecule has 0 aliphatic heterocycles. The fraction of sp³-hybridized carbons (Fsp3) is 0.302. The van der Waals surface area contributed by atoms with Gasteiger partial charge < -0.3 is 4.74 Å². The molecule has 4 aromatic carbocycles. The fourth-order valence-corrected chi connectivity index (χ4v) is 6.74. The SMILES string of the molecule is [2H]C([2H])[n+]1cn(-c2ccc(C(C)(C)C)c(Oc3cc4c(cc3C(C)(C)C)c3ccccc3n4-c3cc(C(C)(C)C)ccn3)c2)c2ccccc21. The molecule has 244 valence electrons. The first kappa shape index (κ1) is 29.3. The molecule has 0 amide bonds. The summed E-state index contributed by atoms with van der Waals surface area (Å²) in [5, 5.41) is 2.34. The number of nitrogens with zero attached hydrogens (tertiary/aromatic N) is 4. The van der Waals surface area contributed by atoms with Gasteiger partial charge in [-0.2, -0.15) is 4.57 Å². The van der Waals surface area contributed by atoms with Crippen LogP contribution in [0.3, 0.4) is 0 Å². The van der Waals surface area contributed by atoms with E-state index in [-0.39, 0.29) is 16.2 Å². The molecule has 5 nitrogen and oxygen atoms in total. The minimum atomic E-state index is -1.17. The Balaban J connectivity index is 1.48. The average molecular weight is 638 g/mol. The van der Waals surface area contributed by atoms with E-state index >= 15 is 0 Å². The molecule has 0 spiro atoms. The molecule has 0 unspecified atom stereocenters. The first-order valence-corrected chi connectivity index (χ1v) is 16.8. The Morgan fingerprint density at radius 1 is 0.646 bits per heavy atom. The summed E-state index contributed by atoms with van der Waals surface area (Å²) in [4.78, 5) is 4.90. The van der Waals surface area contributed by atoms with Crippen LogP contribution in [-0.4, -0.2) is 14.1 Å². The number of benzene rings is 4. The van der Waals surface area contributed by atoms with Gasteiger partial charge in [0.2, 0.25) is 6.33 Å². The van der Waals surface area contributed by atoms with Crippen molar-refractivity contribution in [3.63, 3.8) is 0 Å². The standard InChI is InChI=1S/C43H47N4O/c1-41(2,3)28-21-22-44-40(23-28)47-34-16-12-11-15-30(34)31-25-33(43(7,8)9)39(26-37(31)47)48-38-24-29(19-20-32(38)42(4,5)6)46-27-45(10)35-17-13-14-18-36(35)46/h11-27H,1-10H3/q+1/i10D2. The largest absolute Gasteiger partial charge is 0.457 e. The summed E-state index contributed by atoms with van der Waals surface area (Å²) in [6.45, 7) is 18.8. The molecular formula is C43H47N4O+. The first-order valence-electron chi connectivity index (χ1n) is 17.9. The number of hydrogen-bond donors (Lipinski definition) is 0. The van der Waals surface area contributed by atoms with Crippen molar-refractivity contribution in [1.82, 2.24) is 14.1 Å². The summed E-state index contributed by atoms with van der Waals surface area (Å²) in [5.74, 6) is 2.45. The molecule has 3 aromatic heterocycles. The maximum atomic E-state index is 8.18. The quantitative estimate of drug-likeness (QED) is 0.180. The van der Waals surface area contributed by atoms with E-state index in [0.29, 0.717) is 0 Å². The van der Waals surface area contributed by atoms with E-state index in [9.17, 15) is 0 Å². The molecule has 0 saturated carbocycles. The number of aromatic nitrogens is 4. The summed E-state index contributed by atoms with van der Waals surface area (Å²) < 4.78 is 29.5. The smallest absolute Gasteiger partial charge is 0.249 e. The molecule has 0 N–H and O–H groups in total. The second-order valence-electron chi connectivity index (χ2n) is 16.0.